The largest absolute Gasteiger partial charge is 0.480 e. The van der Waals surface area contributed by atoms with Crippen LogP contribution in [0, 0.1) is 5.41 Å². The van der Waals surface area contributed by atoms with E-state index >= 15 is 0 Å². The number of carboxylic acids is 1. The molecule has 0 aromatic carbocycles. The molecule has 1 aliphatic rings. The highest BCUT2D eigenvalue weighted by molar-refractivity contribution is 5.99. The van der Waals surface area contributed by atoms with Gasteiger partial charge in [-0.2, -0.15) is 0 Å². The molecule has 2 N–H and O–H groups in total. The summed E-state index contributed by atoms with van der Waals surface area (Å²) < 4.78 is 15.1. The van der Waals surface area contributed by atoms with E-state index in [2.05, 4.69) is 10.1 Å². The van der Waals surface area contributed by atoms with E-state index in [1.165, 1.54) is 7.11 Å². The number of rotatable bonds is 4. The second kappa shape index (κ2) is 7.16. The van der Waals surface area contributed by atoms with Crippen LogP contribution >= 0.6 is 0 Å². The lowest BCUT2D eigenvalue weighted by Gasteiger charge is -2.39. The van der Waals surface area contributed by atoms with Crippen LogP contribution in [0.2, 0.25) is 0 Å². The first kappa shape index (κ1) is 19.2. The Morgan fingerprint density at radius 2 is 1.83 bits per heavy atom. The molecule has 3 atom stereocenters. The number of esters is 1. The Kier molecular flexibility index (Phi) is 5.98. The predicted octanol–water partition coefficient (Wildman–Crippen LogP) is 1.32. The second-order valence-corrected chi connectivity index (χ2v) is 6.65. The number of hydrogen-bond acceptors (Lipinski definition) is 6. The highest BCUT2D eigenvalue weighted by atomic mass is 16.6. The number of ether oxygens (including phenoxy) is 3. The van der Waals surface area contributed by atoms with Gasteiger partial charge in [0.05, 0.1) is 19.3 Å². The topological polar surface area (TPSA) is 111 Å². The molecular formula is C15H25NO7. The highest BCUT2D eigenvalue weighted by Crippen LogP contribution is 2.39. The fourth-order valence-corrected chi connectivity index (χ4v) is 2.71. The molecule has 1 amide bonds. The summed E-state index contributed by atoms with van der Waals surface area (Å²) in [4.78, 5) is 35.4. The van der Waals surface area contributed by atoms with Crippen molar-refractivity contribution in [1.29, 1.82) is 0 Å². The van der Waals surface area contributed by atoms with E-state index in [0.717, 1.165) is 7.11 Å². The molecular weight excluding hydrogens is 306 g/mol. The molecule has 0 unspecified atom stereocenters. The van der Waals surface area contributed by atoms with E-state index in [-0.39, 0.29) is 19.3 Å². The fourth-order valence-electron chi connectivity index (χ4n) is 2.71. The van der Waals surface area contributed by atoms with E-state index in [1.807, 2.05) is 0 Å². The van der Waals surface area contributed by atoms with E-state index in [0.29, 0.717) is 0 Å². The lowest BCUT2D eigenvalue weighted by molar-refractivity contribution is -0.173. The zero-order chi connectivity index (χ0) is 17.8. The van der Waals surface area contributed by atoms with Gasteiger partial charge < -0.3 is 24.6 Å². The summed E-state index contributed by atoms with van der Waals surface area (Å²) in [6.45, 7) is 5.23. The van der Waals surface area contributed by atoms with Crippen molar-refractivity contribution in [2.45, 2.75) is 57.8 Å². The molecule has 0 aliphatic heterocycles. The Hall–Kier alpha value is -1.83. The predicted molar refractivity (Wildman–Crippen MR) is 79.9 cm³/mol. The minimum absolute atomic E-state index is 0.0509. The number of aliphatic carboxylic acids is 1. The van der Waals surface area contributed by atoms with Crippen molar-refractivity contribution < 1.29 is 33.7 Å². The van der Waals surface area contributed by atoms with Crippen LogP contribution in [0.4, 0.5) is 4.79 Å². The molecule has 23 heavy (non-hydrogen) atoms. The number of carboxylic acid groups (broad SMARTS) is 1. The van der Waals surface area contributed by atoms with E-state index in [4.69, 9.17) is 9.47 Å². The van der Waals surface area contributed by atoms with Gasteiger partial charge in [0.2, 0.25) is 0 Å². The first-order chi connectivity index (χ1) is 10.6. The van der Waals surface area contributed by atoms with Gasteiger partial charge in [-0.3, -0.25) is 9.59 Å². The zero-order valence-electron chi connectivity index (χ0n) is 14.2. The molecule has 0 aromatic heterocycles. The molecule has 1 aliphatic carbocycles. The molecule has 1 rings (SSSR count). The van der Waals surface area contributed by atoms with Crippen molar-refractivity contribution in [2.24, 2.45) is 5.41 Å². The molecule has 0 heterocycles. The molecule has 0 aromatic rings. The standard InChI is InChI=1S/C15H25NO7/c1-14(2,3)23-13(20)16-9-6-7-15(11(17)18,12(19)22-5)8-10(9)21-4/h9-10H,6-8H2,1-5H3,(H,16,20)(H,17,18)/t9-,10-,15-/m1/s1. The molecule has 1 fully saturated rings. The molecule has 132 valence electrons. The van der Waals surface area contributed by atoms with Gasteiger partial charge in [-0.1, -0.05) is 0 Å². The number of nitrogens with one attached hydrogen (secondary N) is 1. The number of alkyl carbamates (subject to hydrolysis) is 1. The maximum atomic E-state index is 11.9. The van der Waals surface area contributed by atoms with Crippen LogP contribution in [0.3, 0.4) is 0 Å². The third-order valence-electron chi connectivity index (χ3n) is 3.87. The third kappa shape index (κ3) is 4.57. The van der Waals surface area contributed by atoms with Gasteiger partial charge in [0, 0.05) is 13.5 Å². The first-order valence-corrected chi connectivity index (χ1v) is 7.40. The fraction of sp³-hybridized carbons (Fsp3) is 0.800. The molecule has 8 heteroatoms. The summed E-state index contributed by atoms with van der Waals surface area (Å²) in [5, 5.41) is 12.1. The van der Waals surface area contributed by atoms with Crippen LogP contribution in [-0.4, -0.2) is 55.1 Å². The summed E-state index contributed by atoms with van der Waals surface area (Å²) in [7, 11) is 2.56. The molecule has 0 bridgehead atoms. The van der Waals surface area contributed by atoms with Gasteiger partial charge in [-0.25, -0.2) is 4.79 Å². The first-order valence-electron chi connectivity index (χ1n) is 7.40. The zero-order valence-corrected chi connectivity index (χ0v) is 14.2. The van der Waals surface area contributed by atoms with Gasteiger partial charge in [0.15, 0.2) is 5.41 Å². The average molecular weight is 331 g/mol. The summed E-state index contributed by atoms with van der Waals surface area (Å²) in [6, 6.07) is -0.438. The van der Waals surface area contributed by atoms with E-state index in [1.54, 1.807) is 20.8 Å². The van der Waals surface area contributed by atoms with Crippen LogP contribution in [0.1, 0.15) is 40.0 Å². The van der Waals surface area contributed by atoms with Crippen molar-refractivity contribution in [2.75, 3.05) is 14.2 Å². The van der Waals surface area contributed by atoms with Gasteiger partial charge in [-0.15, -0.1) is 0 Å². The van der Waals surface area contributed by atoms with Gasteiger partial charge >= 0.3 is 18.0 Å². The van der Waals surface area contributed by atoms with Gasteiger partial charge in [0.25, 0.3) is 0 Å². The quantitative estimate of drug-likeness (QED) is 0.590. The summed E-state index contributed by atoms with van der Waals surface area (Å²) >= 11 is 0. The molecule has 0 radical (unpaired) electrons. The average Bonchev–Trinajstić information content (AvgIpc) is 2.44. The lowest BCUT2D eigenvalue weighted by Crippen LogP contribution is -2.55. The Bertz CT molecular complexity index is 471. The number of carbonyl (C=O) groups is 3. The molecule has 1 saturated carbocycles. The summed E-state index contributed by atoms with van der Waals surface area (Å²) in [5.74, 6) is -2.05. The molecule has 0 saturated heterocycles. The van der Waals surface area contributed by atoms with Crippen molar-refractivity contribution >= 4 is 18.0 Å². The second-order valence-electron chi connectivity index (χ2n) is 6.65. The SMILES string of the molecule is COC(=O)[C@]1(C(=O)O)CC[C@@H](NC(=O)OC(C)(C)C)[C@H](OC)C1. The van der Waals surface area contributed by atoms with Gasteiger partial charge in [-0.05, 0) is 33.6 Å². The number of amides is 1. The van der Waals surface area contributed by atoms with Gasteiger partial charge in [0.1, 0.15) is 5.60 Å². The minimum atomic E-state index is -1.65. The highest BCUT2D eigenvalue weighted by Gasteiger charge is 2.53. The van der Waals surface area contributed by atoms with E-state index < -0.39 is 41.2 Å². The Morgan fingerprint density at radius 3 is 2.26 bits per heavy atom. The lowest BCUT2D eigenvalue weighted by atomic mass is 9.71. The van der Waals surface area contributed by atoms with Crippen LogP contribution in [0.15, 0.2) is 0 Å². The number of hydrogen-bond donors (Lipinski definition) is 2. The maximum Gasteiger partial charge on any atom is 0.407 e. The molecule has 8 nitrogen and oxygen atoms in total. The van der Waals surface area contributed by atoms with Crippen LogP contribution in [0.25, 0.3) is 0 Å². The van der Waals surface area contributed by atoms with Crippen LogP contribution in [0.5, 0.6) is 0 Å². The van der Waals surface area contributed by atoms with Crippen molar-refractivity contribution in [3.8, 4) is 0 Å². The van der Waals surface area contributed by atoms with Crippen molar-refractivity contribution in [3.63, 3.8) is 0 Å². The van der Waals surface area contributed by atoms with Crippen LogP contribution in [-0.2, 0) is 23.8 Å². The Balaban J connectivity index is 2.85. The van der Waals surface area contributed by atoms with Crippen molar-refractivity contribution in [3.05, 3.63) is 0 Å². The molecule has 0 spiro atoms. The number of carbonyl (C=O) groups excluding carboxylic acids is 2. The third-order valence-corrected chi connectivity index (χ3v) is 3.87. The number of methoxy groups -OCH3 is 2. The van der Waals surface area contributed by atoms with Crippen LogP contribution < -0.4 is 5.32 Å². The smallest absolute Gasteiger partial charge is 0.407 e. The maximum absolute atomic E-state index is 11.9. The monoisotopic (exact) mass is 331 g/mol. The minimum Gasteiger partial charge on any atom is -0.480 e. The summed E-state index contributed by atoms with van der Waals surface area (Å²) in [5.41, 5.74) is -2.29. The normalized spacial score (nSPS) is 27.9. The van der Waals surface area contributed by atoms with Crippen molar-refractivity contribution in [1.82, 2.24) is 5.32 Å². The van der Waals surface area contributed by atoms with E-state index in [9.17, 15) is 19.5 Å². The summed E-state index contributed by atoms with van der Waals surface area (Å²) in [6.07, 6.45) is -1.00. The Labute approximate surface area is 135 Å². The Morgan fingerprint density at radius 1 is 1.22 bits per heavy atom.